The van der Waals surface area contributed by atoms with Crippen molar-refractivity contribution in [2.75, 3.05) is 13.2 Å². The van der Waals surface area contributed by atoms with Gasteiger partial charge in [-0.3, -0.25) is 19.2 Å². The molecule has 0 fully saturated rings. The predicted molar refractivity (Wildman–Crippen MR) is 92.6 cm³/mol. The van der Waals surface area contributed by atoms with Crippen molar-refractivity contribution in [2.45, 2.75) is 32.7 Å². The molecule has 154 valence electrons. The number of nitrogens with two attached hydrogens (primary N) is 1. The van der Waals surface area contributed by atoms with Crippen molar-refractivity contribution in [3.05, 3.63) is 35.4 Å². The molecule has 0 aliphatic carbocycles. The van der Waals surface area contributed by atoms with Crippen LogP contribution in [0.5, 0.6) is 0 Å². The number of ether oxygens (including phenoxy) is 2. The lowest BCUT2D eigenvalue weighted by molar-refractivity contribution is -0.157. The summed E-state index contributed by atoms with van der Waals surface area (Å²) in [5.41, 5.74) is 5.42. The van der Waals surface area contributed by atoms with Crippen LogP contribution in [0.4, 0.5) is 8.78 Å². The van der Waals surface area contributed by atoms with E-state index in [1.807, 2.05) is 0 Å². The minimum atomic E-state index is -1.55. The van der Waals surface area contributed by atoms with Gasteiger partial charge >= 0.3 is 11.9 Å². The van der Waals surface area contributed by atoms with Gasteiger partial charge in [0.2, 0.25) is 11.8 Å². The van der Waals surface area contributed by atoms with E-state index in [1.54, 1.807) is 6.92 Å². The van der Waals surface area contributed by atoms with Crippen LogP contribution in [0.1, 0.15) is 25.8 Å². The van der Waals surface area contributed by atoms with Gasteiger partial charge in [-0.1, -0.05) is 6.07 Å². The second-order valence-corrected chi connectivity index (χ2v) is 5.74. The van der Waals surface area contributed by atoms with Crippen LogP contribution in [0.25, 0.3) is 0 Å². The van der Waals surface area contributed by atoms with Crippen LogP contribution in [0, 0.1) is 17.6 Å². The Morgan fingerprint density at radius 3 is 2.25 bits per heavy atom. The fourth-order valence-electron chi connectivity index (χ4n) is 2.42. The number of rotatable bonds is 10. The average Bonchev–Trinajstić information content (AvgIpc) is 2.61. The molecule has 0 aliphatic rings. The van der Waals surface area contributed by atoms with E-state index in [0.29, 0.717) is 0 Å². The van der Waals surface area contributed by atoms with Crippen molar-refractivity contribution in [1.29, 1.82) is 0 Å². The molecule has 0 aromatic heterocycles. The third-order valence-corrected chi connectivity index (χ3v) is 3.66. The van der Waals surface area contributed by atoms with Crippen LogP contribution in [0.15, 0.2) is 18.2 Å². The number of benzene rings is 1. The Balaban J connectivity index is 2.96. The van der Waals surface area contributed by atoms with E-state index in [0.717, 1.165) is 12.1 Å². The number of halogens is 2. The fraction of sp³-hybridized carbons (Fsp3) is 0.444. The van der Waals surface area contributed by atoms with Crippen LogP contribution in [-0.4, -0.2) is 43.0 Å². The predicted octanol–water partition coefficient (Wildman–Crippen LogP) is 0.610. The van der Waals surface area contributed by atoms with E-state index in [-0.39, 0.29) is 18.8 Å². The van der Waals surface area contributed by atoms with Gasteiger partial charge in [0.25, 0.3) is 0 Å². The van der Waals surface area contributed by atoms with Crippen molar-refractivity contribution < 1.29 is 37.4 Å². The third kappa shape index (κ3) is 6.93. The molecule has 3 N–H and O–H groups in total. The van der Waals surface area contributed by atoms with Gasteiger partial charge < -0.3 is 20.5 Å². The number of carbonyl (C=O) groups is 4. The lowest BCUT2D eigenvalue weighted by Crippen LogP contribution is -2.52. The van der Waals surface area contributed by atoms with E-state index in [9.17, 15) is 28.0 Å². The summed E-state index contributed by atoms with van der Waals surface area (Å²) in [6.07, 6.45) is -0.943. The highest BCUT2D eigenvalue weighted by molar-refractivity contribution is 5.93. The highest BCUT2D eigenvalue weighted by Gasteiger charge is 2.37. The maximum Gasteiger partial charge on any atom is 0.312 e. The van der Waals surface area contributed by atoms with E-state index >= 15 is 0 Å². The molecule has 8 nitrogen and oxygen atoms in total. The summed E-state index contributed by atoms with van der Waals surface area (Å²) in [7, 11) is 0. The molecule has 1 aromatic rings. The highest BCUT2D eigenvalue weighted by atomic mass is 19.2. The lowest BCUT2D eigenvalue weighted by Gasteiger charge is -2.23. The van der Waals surface area contributed by atoms with Crippen molar-refractivity contribution in [2.24, 2.45) is 11.7 Å². The first-order valence-corrected chi connectivity index (χ1v) is 8.54. The third-order valence-electron chi connectivity index (χ3n) is 3.66. The molecule has 28 heavy (non-hydrogen) atoms. The van der Waals surface area contributed by atoms with E-state index in [4.69, 9.17) is 15.2 Å². The van der Waals surface area contributed by atoms with Gasteiger partial charge in [0, 0.05) is 0 Å². The van der Waals surface area contributed by atoms with Crippen molar-refractivity contribution >= 4 is 23.8 Å². The minimum Gasteiger partial charge on any atom is -0.466 e. The number of amides is 2. The molecule has 0 spiro atoms. The number of primary amides is 1. The van der Waals surface area contributed by atoms with Crippen LogP contribution in [0.2, 0.25) is 0 Å². The molecular formula is C18H22F2N2O6. The first-order chi connectivity index (χ1) is 13.2. The molecule has 2 atom stereocenters. The van der Waals surface area contributed by atoms with E-state index in [1.165, 1.54) is 13.0 Å². The monoisotopic (exact) mass is 400 g/mol. The minimum absolute atomic E-state index is 0.0214. The summed E-state index contributed by atoms with van der Waals surface area (Å²) in [5, 5.41) is 2.25. The summed E-state index contributed by atoms with van der Waals surface area (Å²) < 4.78 is 35.8. The summed E-state index contributed by atoms with van der Waals surface area (Å²) in [5.74, 6) is -7.15. The van der Waals surface area contributed by atoms with Crippen LogP contribution in [-0.2, 0) is 35.1 Å². The van der Waals surface area contributed by atoms with Crippen LogP contribution < -0.4 is 11.1 Å². The van der Waals surface area contributed by atoms with Gasteiger partial charge in [0.1, 0.15) is 6.04 Å². The van der Waals surface area contributed by atoms with E-state index < -0.39 is 60.2 Å². The standard InChI is InChI=1S/C18H22F2N2O6/c1-3-27-15(24)9-11(18(26)28-4-2)16(17(21)25)22-14(23)8-10-5-6-12(19)13(20)7-10/h5-7,11,16H,3-4,8-9H2,1-2H3,(H2,21,25)(H,22,23)/t11-,16+/m1/s1. The quantitative estimate of drug-likeness (QED) is 0.555. The van der Waals surface area contributed by atoms with Gasteiger partial charge in [-0.2, -0.15) is 0 Å². The van der Waals surface area contributed by atoms with Crippen molar-refractivity contribution in [3.63, 3.8) is 0 Å². The van der Waals surface area contributed by atoms with Crippen molar-refractivity contribution in [1.82, 2.24) is 5.32 Å². The number of esters is 2. The number of hydrogen-bond donors (Lipinski definition) is 2. The Morgan fingerprint density at radius 1 is 1.07 bits per heavy atom. The molecule has 1 aromatic carbocycles. The molecule has 0 heterocycles. The van der Waals surface area contributed by atoms with Gasteiger partial charge in [0.15, 0.2) is 11.6 Å². The number of carbonyl (C=O) groups excluding carboxylic acids is 4. The zero-order chi connectivity index (χ0) is 21.3. The Hall–Kier alpha value is -3.04. The van der Waals surface area contributed by atoms with Gasteiger partial charge in [-0.25, -0.2) is 8.78 Å². The zero-order valence-electron chi connectivity index (χ0n) is 15.5. The first kappa shape index (κ1) is 23.0. The Bertz CT molecular complexity index is 741. The molecule has 0 radical (unpaired) electrons. The smallest absolute Gasteiger partial charge is 0.312 e. The van der Waals surface area contributed by atoms with E-state index in [2.05, 4.69) is 5.32 Å². The van der Waals surface area contributed by atoms with Gasteiger partial charge in [-0.15, -0.1) is 0 Å². The average molecular weight is 400 g/mol. The van der Waals surface area contributed by atoms with Gasteiger partial charge in [0.05, 0.1) is 32.0 Å². The van der Waals surface area contributed by atoms with Crippen LogP contribution in [0.3, 0.4) is 0 Å². The second kappa shape index (κ2) is 11.0. The topological polar surface area (TPSA) is 125 Å². The molecule has 1 rings (SSSR count). The zero-order valence-corrected chi connectivity index (χ0v) is 15.5. The largest absolute Gasteiger partial charge is 0.466 e. The Morgan fingerprint density at radius 2 is 1.71 bits per heavy atom. The number of nitrogens with one attached hydrogen (secondary N) is 1. The molecular weight excluding hydrogens is 378 g/mol. The number of hydrogen-bond acceptors (Lipinski definition) is 6. The van der Waals surface area contributed by atoms with Gasteiger partial charge in [-0.05, 0) is 31.5 Å². The molecule has 0 saturated heterocycles. The second-order valence-electron chi connectivity index (χ2n) is 5.74. The van der Waals surface area contributed by atoms with Crippen LogP contribution >= 0.6 is 0 Å². The molecule has 10 heteroatoms. The summed E-state index contributed by atoms with van der Waals surface area (Å²) >= 11 is 0. The first-order valence-electron chi connectivity index (χ1n) is 8.54. The Kier molecular flexibility index (Phi) is 9.00. The summed E-state index contributed by atoms with van der Waals surface area (Å²) in [4.78, 5) is 48.0. The molecule has 0 saturated carbocycles. The maximum atomic E-state index is 13.3. The normalized spacial score (nSPS) is 12.6. The molecule has 2 amide bonds. The Labute approximate surface area is 160 Å². The van der Waals surface area contributed by atoms with Crippen molar-refractivity contribution in [3.8, 4) is 0 Å². The SMILES string of the molecule is CCOC(=O)C[C@@H](C(=O)OCC)[C@H](NC(=O)Cc1ccc(F)c(F)c1)C(N)=O. The fourth-order valence-corrected chi connectivity index (χ4v) is 2.42. The molecule has 0 unspecified atom stereocenters. The maximum absolute atomic E-state index is 13.3. The summed E-state index contributed by atoms with van der Waals surface area (Å²) in [6.45, 7) is 3.12. The highest BCUT2D eigenvalue weighted by Crippen LogP contribution is 2.15. The molecule has 0 aliphatic heterocycles. The molecule has 0 bridgehead atoms. The lowest BCUT2D eigenvalue weighted by atomic mass is 9.95. The summed E-state index contributed by atoms with van der Waals surface area (Å²) in [6, 6.07) is 1.32.